The van der Waals surface area contributed by atoms with Gasteiger partial charge in [0, 0.05) is 12.3 Å². The molecule has 0 aliphatic heterocycles. The van der Waals surface area contributed by atoms with Crippen molar-refractivity contribution in [3.05, 3.63) is 23.8 Å². The normalized spacial score (nSPS) is 27.7. The van der Waals surface area contributed by atoms with Crippen LogP contribution < -0.4 is 0 Å². The highest BCUT2D eigenvalue weighted by Crippen LogP contribution is 2.50. The molecule has 1 nitrogen and oxygen atoms in total. The minimum Gasteiger partial charge on any atom is -0.299 e. The van der Waals surface area contributed by atoms with Crippen LogP contribution in [0.1, 0.15) is 58.3 Å². The summed E-state index contributed by atoms with van der Waals surface area (Å²) in [5, 5.41) is 0. The smallest absolute Gasteiger partial charge is 0.140 e. The Bertz CT molecular complexity index is 337. The average Bonchev–Trinajstić information content (AvgIpc) is 2.31. The number of ketones is 1. The fraction of sp³-hybridized carbons (Fsp3) is 0.688. The fourth-order valence-corrected chi connectivity index (χ4v) is 3.46. The van der Waals surface area contributed by atoms with Crippen LogP contribution in [0.4, 0.5) is 0 Å². The summed E-state index contributed by atoms with van der Waals surface area (Å²) in [6, 6.07) is 0. The molecular weight excluding hydrogens is 208 g/mol. The van der Waals surface area contributed by atoms with Gasteiger partial charge in [0.25, 0.3) is 0 Å². The number of unbranched alkanes of at least 4 members (excludes halogenated alkanes) is 3. The molecule has 0 bridgehead atoms. The number of hydrogen-bond donors (Lipinski definition) is 0. The van der Waals surface area contributed by atoms with E-state index < -0.39 is 0 Å². The second-order valence-electron chi connectivity index (χ2n) is 5.44. The SMILES string of the molecule is C=CC1=C(CCCCCC)[C@H]2CCCC(=O)[C@@H]12. The van der Waals surface area contributed by atoms with Crippen LogP contribution in [0, 0.1) is 11.8 Å². The van der Waals surface area contributed by atoms with Gasteiger partial charge in [0.1, 0.15) is 5.78 Å². The first-order chi connectivity index (χ1) is 8.29. The number of carbonyl (C=O) groups excluding carboxylic acids is 1. The Hall–Kier alpha value is -0.850. The minimum atomic E-state index is 0.238. The summed E-state index contributed by atoms with van der Waals surface area (Å²) in [4.78, 5) is 11.9. The molecule has 0 aromatic heterocycles. The van der Waals surface area contributed by atoms with E-state index in [1.807, 2.05) is 6.08 Å². The molecule has 2 atom stereocenters. The zero-order valence-electron chi connectivity index (χ0n) is 11.0. The number of hydrogen-bond acceptors (Lipinski definition) is 1. The van der Waals surface area contributed by atoms with Gasteiger partial charge in [0.2, 0.25) is 0 Å². The van der Waals surface area contributed by atoms with Gasteiger partial charge in [-0.3, -0.25) is 4.79 Å². The first-order valence-corrected chi connectivity index (χ1v) is 7.17. The van der Waals surface area contributed by atoms with Crippen molar-refractivity contribution in [2.75, 3.05) is 0 Å². The molecule has 0 saturated heterocycles. The second kappa shape index (κ2) is 5.66. The Morgan fingerprint density at radius 2 is 2.18 bits per heavy atom. The summed E-state index contributed by atoms with van der Waals surface area (Å²) in [7, 11) is 0. The molecule has 2 aliphatic rings. The maximum atomic E-state index is 11.9. The average molecular weight is 232 g/mol. The maximum Gasteiger partial charge on any atom is 0.140 e. The summed E-state index contributed by atoms with van der Waals surface area (Å²) in [5.41, 5.74) is 2.85. The maximum absolute atomic E-state index is 11.9. The topological polar surface area (TPSA) is 17.1 Å². The Kier molecular flexibility index (Phi) is 4.20. The highest BCUT2D eigenvalue weighted by atomic mass is 16.1. The van der Waals surface area contributed by atoms with Crippen molar-refractivity contribution in [1.82, 2.24) is 0 Å². The number of Topliss-reactive ketones (excluding diaryl/α,β-unsaturated/α-hetero) is 1. The van der Waals surface area contributed by atoms with Crippen molar-refractivity contribution in [3.8, 4) is 0 Å². The first kappa shape index (κ1) is 12.6. The second-order valence-corrected chi connectivity index (χ2v) is 5.44. The molecule has 0 amide bonds. The lowest BCUT2D eigenvalue weighted by molar-refractivity contribution is -0.125. The molecular formula is C16H24O. The summed E-state index contributed by atoms with van der Waals surface area (Å²) in [5.74, 6) is 1.29. The fourth-order valence-electron chi connectivity index (χ4n) is 3.46. The van der Waals surface area contributed by atoms with Gasteiger partial charge < -0.3 is 0 Å². The molecule has 1 saturated carbocycles. The molecule has 0 unspecified atom stereocenters. The van der Waals surface area contributed by atoms with Crippen LogP contribution in [0.3, 0.4) is 0 Å². The summed E-state index contributed by atoms with van der Waals surface area (Å²) in [6.45, 7) is 6.14. The van der Waals surface area contributed by atoms with Gasteiger partial charge in [-0.1, -0.05) is 44.4 Å². The Morgan fingerprint density at radius 1 is 1.35 bits per heavy atom. The van der Waals surface area contributed by atoms with Crippen molar-refractivity contribution >= 4 is 5.78 Å². The van der Waals surface area contributed by atoms with E-state index in [2.05, 4.69) is 13.5 Å². The van der Waals surface area contributed by atoms with Crippen molar-refractivity contribution in [3.63, 3.8) is 0 Å². The highest BCUT2D eigenvalue weighted by molar-refractivity contribution is 5.88. The van der Waals surface area contributed by atoms with Gasteiger partial charge in [-0.05, 0) is 37.2 Å². The number of carbonyl (C=O) groups is 1. The molecule has 0 N–H and O–H groups in total. The molecule has 0 heterocycles. The van der Waals surface area contributed by atoms with Crippen LogP contribution in [-0.2, 0) is 4.79 Å². The van der Waals surface area contributed by atoms with Crippen LogP contribution in [0.2, 0.25) is 0 Å². The molecule has 0 aromatic carbocycles. The van der Waals surface area contributed by atoms with Gasteiger partial charge >= 0.3 is 0 Å². The van der Waals surface area contributed by atoms with Crippen LogP contribution >= 0.6 is 0 Å². The molecule has 0 radical (unpaired) electrons. The van der Waals surface area contributed by atoms with E-state index in [4.69, 9.17) is 0 Å². The van der Waals surface area contributed by atoms with E-state index in [-0.39, 0.29) is 5.92 Å². The molecule has 17 heavy (non-hydrogen) atoms. The first-order valence-electron chi connectivity index (χ1n) is 7.17. The van der Waals surface area contributed by atoms with Gasteiger partial charge in [-0.25, -0.2) is 0 Å². The van der Waals surface area contributed by atoms with E-state index in [9.17, 15) is 4.79 Å². The van der Waals surface area contributed by atoms with E-state index >= 15 is 0 Å². The van der Waals surface area contributed by atoms with E-state index in [0.29, 0.717) is 11.7 Å². The minimum absolute atomic E-state index is 0.238. The Labute approximate surface area is 105 Å². The third kappa shape index (κ3) is 2.38. The zero-order valence-corrected chi connectivity index (χ0v) is 11.0. The lowest BCUT2D eigenvalue weighted by atomic mass is 9.59. The van der Waals surface area contributed by atoms with Gasteiger partial charge in [0.15, 0.2) is 0 Å². The van der Waals surface area contributed by atoms with Crippen molar-refractivity contribution in [2.45, 2.75) is 58.3 Å². The Morgan fingerprint density at radius 3 is 2.88 bits per heavy atom. The molecule has 0 aromatic rings. The third-order valence-electron chi connectivity index (χ3n) is 4.36. The van der Waals surface area contributed by atoms with Crippen molar-refractivity contribution in [1.29, 1.82) is 0 Å². The van der Waals surface area contributed by atoms with Crippen LogP contribution in [-0.4, -0.2) is 5.78 Å². The van der Waals surface area contributed by atoms with Crippen LogP contribution in [0.15, 0.2) is 23.8 Å². The lowest BCUT2D eigenvalue weighted by Gasteiger charge is -2.43. The molecule has 2 rings (SSSR count). The quantitative estimate of drug-likeness (QED) is 0.619. The summed E-state index contributed by atoms with van der Waals surface area (Å²) >= 11 is 0. The van der Waals surface area contributed by atoms with E-state index in [1.165, 1.54) is 44.1 Å². The Balaban J connectivity index is 1.97. The number of allylic oxidation sites excluding steroid dienone is 3. The van der Waals surface area contributed by atoms with Crippen molar-refractivity contribution in [2.24, 2.45) is 11.8 Å². The molecule has 1 fully saturated rings. The largest absolute Gasteiger partial charge is 0.299 e. The van der Waals surface area contributed by atoms with Crippen LogP contribution in [0.25, 0.3) is 0 Å². The van der Waals surface area contributed by atoms with E-state index in [0.717, 1.165) is 12.8 Å². The lowest BCUT2D eigenvalue weighted by Crippen LogP contribution is -2.39. The predicted octanol–water partition coefficient (Wildman–Crippen LogP) is 4.44. The van der Waals surface area contributed by atoms with Crippen molar-refractivity contribution < 1.29 is 4.79 Å². The summed E-state index contributed by atoms with van der Waals surface area (Å²) in [6.07, 6.45) is 11.5. The standard InChI is InChI=1S/C16H24O/c1-3-5-6-7-9-13-12(4-2)16-14(13)10-8-11-15(16)17/h4,14,16H,2-3,5-11H2,1H3/t14-,16+/m1/s1. The monoisotopic (exact) mass is 232 g/mol. The molecule has 94 valence electrons. The molecule has 1 heteroatoms. The number of rotatable bonds is 6. The molecule has 0 spiro atoms. The van der Waals surface area contributed by atoms with Gasteiger partial charge in [-0.2, -0.15) is 0 Å². The zero-order chi connectivity index (χ0) is 12.3. The number of fused-ring (bicyclic) bond motifs is 1. The van der Waals surface area contributed by atoms with Crippen LogP contribution in [0.5, 0.6) is 0 Å². The van der Waals surface area contributed by atoms with Gasteiger partial charge in [-0.15, -0.1) is 0 Å². The third-order valence-corrected chi connectivity index (χ3v) is 4.36. The highest BCUT2D eigenvalue weighted by Gasteiger charge is 2.44. The predicted molar refractivity (Wildman–Crippen MR) is 71.8 cm³/mol. The van der Waals surface area contributed by atoms with Gasteiger partial charge in [0.05, 0.1) is 0 Å². The summed E-state index contributed by atoms with van der Waals surface area (Å²) < 4.78 is 0. The van der Waals surface area contributed by atoms with E-state index in [1.54, 1.807) is 5.57 Å². The molecule has 2 aliphatic carbocycles.